The maximum Gasteiger partial charge on any atom is -0.00172 e. The van der Waals surface area contributed by atoms with E-state index in [0.29, 0.717) is 0 Å². The van der Waals surface area contributed by atoms with Gasteiger partial charge in [-0.15, -0.1) is 0 Å². The Labute approximate surface area is 62.2 Å². The van der Waals surface area contributed by atoms with Crippen LogP contribution >= 0.6 is 0 Å². The Kier molecular flexibility index (Phi) is 0.984. The molecule has 1 nitrogen and oxygen atoms in total. The molecule has 3 rings (SSSR count). The van der Waals surface area contributed by atoms with Gasteiger partial charge < -0.3 is 5.32 Å². The molecule has 4 atom stereocenters. The van der Waals surface area contributed by atoms with Crippen molar-refractivity contribution in [3.8, 4) is 0 Å². The molecule has 0 aromatic heterocycles. The van der Waals surface area contributed by atoms with E-state index in [4.69, 9.17) is 0 Å². The topological polar surface area (TPSA) is 12.0 Å². The molecule has 1 N–H and O–H groups in total. The lowest BCUT2D eigenvalue weighted by Crippen LogP contribution is -2.18. The minimum absolute atomic E-state index is 1.07. The van der Waals surface area contributed by atoms with Gasteiger partial charge in [0.25, 0.3) is 0 Å². The van der Waals surface area contributed by atoms with Crippen molar-refractivity contribution in [1.29, 1.82) is 0 Å². The second-order valence-corrected chi connectivity index (χ2v) is 4.41. The Morgan fingerprint density at radius 2 is 1.20 bits per heavy atom. The molecule has 0 amide bonds. The molecule has 0 radical (unpaired) electrons. The van der Waals surface area contributed by atoms with Crippen LogP contribution in [0.3, 0.4) is 0 Å². The van der Waals surface area contributed by atoms with E-state index in [1.54, 1.807) is 19.3 Å². The number of hydrogen-bond donors (Lipinski definition) is 1. The van der Waals surface area contributed by atoms with Crippen LogP contribution in [0.4, 0.5) is 0 Å². The summed E-state index contributed by atoms with van der Waals surface area (Å²) in [4.78, 5) is 0. The first-order valence-corrected chi connectivity index (χ1v) is 4.64. The zero-order valence-corrected chi connectivity index (χ0v) is 6.34. The van der Waals surface area contributed by atoms with Gasteiger partial charge in [-0.2, -0.15) is 0 Å². The number of hydrogen-bond acceptors (Lipinski definition) is 1. The van der Waals surface area contributed by atoms with Gasteiger partial charge >= 0.3 is 0 Å². The molecular weight excluding hydrogens is 122 g/mol. The molecule has 0 aromatic rings. The monoisotopic (exact) mass is 137 g/mol. The third-order valence-corrected chi connectivity index (χ3v) is 3.76. The average Bonchev–Trinajstić information content (AvgIpc) is 2.52. The normalized spacial score (nSPS) is 57.6. The van der Waals surface area contributed by atoms with Crippen LogP contribution in [0.1, 0.15) is 19.3 Å². The van der Waals surface area contributed by atoms with E-state index >= 15 is 0 Å². The smallest absolute Gasteiger partial charge is 0.00172 e. The summed E-state index contributed by atoms with van der Waals surface area (Å²) in [6, 6.07) is 0. The van der Waals surface area contributed by atoms with Crippen molar-refractivity contribution in [2.45, 2.75) is 19.3 Å². The third kappa shape index (κ3) is 0.672. The molecule has 1 heteroatoms. The second-order valence-electron chi connectivity index (χ2n) is 4.41. The van der Waals surface area contributed by atoms with Crippen molar-refractivity contribution in [3.05, 3.63) is 0 Å². The molecule has 0 spiro atoms. The first kappa shape index (κ1) is 5.59. The van der Waals surface area contributed by atoms with E-state index in [1.165, 1.54) is 24.9 Å². The minimum Gasteiger partial charge on any atom is -0.316 e. The summed E-state index contributed by atoms with van der Waals surface area (Å²) in [6.45, 7) is 2.65. The van der Waals surface area contributed by atoms with Gasteiger partial charge in [-0.3, -0.25) is 0 Å². The molecule has 10 heavy (non-hydrogen) atoms. The fraction of sp³-hybridized carbons (Fsp3) is 1.00. The highest BCUT2D eigenvalue weighted by Gasteiger charge is 2.47. The molecule has 1 aliphatic heterocycles. The van der Waals surface area contributed by atoms with E-state index in [-0.39, 0.29) is 0 Å². The van der Waals surface area contributed by atoms with Gasteiger partial charge in [0.1, 0.15) is 0 Å². The predicted molar refractivity (Wildman–Crippen MR) is 40.7 cm³/mol. The maximum atomic E-state index is 3.51. The molecular formula is C9H15N. The van der Waals surface area contributed by atoms with Gasteiger partial charge in [0, 0.05) is 0 Å². The molecule has 3 fully saturated rings. The first-order chi connectivity index (χ1) is 4.93. The van der Waals surface area contributed by atoms with Crippen LogP contribution in [0, 0.1) is 23.7 Å². The molecule has 2 unspecified atom stereocenters. The average molecular weight is 137 g/mol. The lowest BCUT2D eigenvalue weighted by molar-refractivity contribution is 0.286. The van der Waals surface area contributed by atoms with Gasteiger partial charge in [0.15, 0.2) is 0 Å². The van der Waals surface area contributed by atoms with E-state index < -0.39 is 0 Å². The van der Waals surface area contributed by atoms with E-state index in [2.05, 4.69) is 5.32 Å². The molecule has 1 heterocycles. The van der Waals surface area contributed by atoms with Crippen LogP contribution in [-0.4, -0.2) is 13.1 Å². The summed E-state index contributed by atoms with van der Waals surface area (Å²) < 4.78 is 0. The predicted octanol–water partition coefficient (Wildman–Crippen LogP) is 1.25. The summed E-state index contributed by atoms with van der Waals surface area (Å²) in [5.74, 6) is 4.48. The van der Waals surface area contributed by atoms with Crippen LogP contribution in [0.25, 0.3) is 0 Å². The molecule has 2 saturated carbocycles. The lowest BCUT2D eigenvalue weighted by Gasteiger charge is -2.22. The van der Waals surface area contributed by atoms with Crippen molar-refractivity contribution in [3.63, 3.8) is 0 Å². The zero-order valence-electron chi connectivity index (χ0n) is 6.34. The van der Waals surface area contributed by atoms with Gasteiger partial charge in [0.05, 0.1) is 0 Å². The fourth-order valence-corrected chi connectivity index (χ4v) is 3.00. The fourth-order valence-electron chi connectivity index (χ4n) is 3.00. The Hall–Kier alpha value is -0.0400. The van der Waals surface area contributed by atoms with E-state index in [9.17, 15) is 0 Å². The molecule has 2 aliphatic carbocycles. The molecule has 1 saturated heterocycles. The van der Waals surface area contributed by atoms with Gasteiger partial charge in [-0.1, -0.05) is 0 Å². The number of nitrogens with one attached hydrogen (secondary N) is 1. The molecule has 0 bridgehead atoms. The summed E-state index contributed by atoms with van der Waals surface area (Å²) in [5, 5.41) is 3.51. The Balaban J connectivity index is 1.78. The maximum absolute atomic E-state index is 3.51. The van der Waals surface area contributed by atoms with Crippen LogP contribution in [0.15, 0.2) is 0 Å². The highest BCUT2D eigenvalue weighted by atomic mass is 14.9. The Bertz CT molecular complexity index is 139. The summed E-state index contributed by atoms with van der Waals surface area (Å²) in [6.07, 6.45) is 4.69. The van der Waals surface area contributed by atoms with Gasteiger partial charge in [0.2, 0.25) is 0 Å². The van der Waals surface area contributed by atoms with Crippen LogP contribution in [0.2, 0.25) is 0 Å². The summed E-state index contributed by atoms with van der Waals surface area (Å²) in [5.41, 5.74) is 0. The molecule has 3 aliphatic rings. The highest BCUT2D eigenvalue weighted by molar-refractivity contribution is 4.99. The third-order valence-electron chi connectivity index (χ3n) is 3.76. The van der Waals surface area contributed by atoms with E-state index in [1.807, 2.05) is 0 Å². The highest BCUT2D eigenvalue weighted by Crippen LogP contribution is 2.54. The van der Waals surface area contributed by atoms with Crippen molar-refractivity contribution in [2.75, 3.05) is 13.1 Å². The standard InChI is InChI=1S/C9H15N/c1-6-2-8-4-10-5-9(8)3-7(1)6/h6-10H,1-5H2/t6?,7?,8-,9+. The molecule has 56 valence electrons. The zero-order chi connectivity index (χ0) is 6.55. The number of fused-ring (bicyclic) bond motifs is 2. The number of rotatable bonds is 0. The van der Waals surface area contributed by atoms with Crippen molar-refractivity contribution in [2.24, 2.45) is 23.7 Å². The SMILES string of the molecule is C1C2C[C@H]3CNC[C@H]3CC12. The minimum atomic E-state index is 1.07. The van der Waals surface area contributed by atoms with Gasteiger partial charge in [-0.05, 0) is 56.0 Å². The Morgan fingerprint density at radius 1 is 0.700 bits per heavy atom. The van der Waals surface area contributed by atoms with Crippen LogP contribution in [-0.2, 0) is 0 Å². The van der Waals surface area contributed by atoms with Gasteiger partial charge in [-0.25, -0.2) is 0 Å². The van der Waals surface area contributed by atoms with Crippen molar-refractivity contribution < 1.29 is 0 Å². The van der Waals surface area contributed by atoms with Crippen LogP contribution < -0.4 is 5.32 Å². The molecule has 0 aromatic carbocycles. The van der Waals surface area contributed by atoms with Crippen LogP contribution in [0.5, 0.6) is 0 Å². The largest absolute Gasteiger partial charge is 0.316 e. The first-order valence-electron chi connectivity index (χ1n) is 4.64. The van der Waals surface area contributed by atoms with Crippen molar-refractivity contribution >= 4 is 0 Å². The quantitative estimate of drug-likeness (QED) is 0.530. The Morgan fingerprint density at radius 3 is 1.80 bits per heavy atom. The van der Waals surface area contributed by atoms with E-state index in [0.717, 1.165) is 11.8 Å². The second kappa shape index (κ2) is 1.76. The lowest BCUT2D eigenvalue weighted by atomic mass is 9.82. The summed E-state index contributed by atoms with van der Waals surface area (Å²) >= 11 is 0. The van der Waals surface area contributed by atoms with Crippen molar-refractivity contribution in [1.82, 2.24) is 5.32 Å². The summed E-state index contributed by atoms with van der Waals surface area (Å²) in [7, 11) is 0.